The summed E-state index contributed by atoms with van der Waals surface area (Å²) in [5.41, 5.74) is 0. The summed E-state index contributed by atoms with van der Waals surface area (Å²) in [4.78, 5) is 0. The molecule has 0 spiro atoms. The van der Waals surface area contributed by atoms with Crippen LogP contribution in [-0.4, -0.2) is 4.58 Å². The molecule has 0 aliphatic rings. The van der Waals surface area contributed by atoms with Gasteiger partial charge < -0.3 is 0 Å². The normalized spacial score (nSPS) is 9.00. The third-order valence-corrected chi connectivity index (χ3v) is 0. The second kappa shape index (κ2) is 9.31. The number of alkyl halides is 2. The lowest BCUT2D eigenvalue weighted by atomic mass is 11.9. The highest BCUT2D eigenvalue weighted by atomic mass is 36.0. The molecule has 0 aliphatic heterocycles. The SMILES string of the molecule is ClP(Cl)Cl.PC(Cl)Cl. The zero-order valence-electron chi connectivity index (χ0n) is 3.49. The van der Waals surface area contributed by atoms with Gasteiger partial charge >= 0.3 is 0 Å². The van der Waals surface area contributed by atoms with E-state index in [4.69, 9.17) is 56.9 Å². The Balaban J connectivity index is 0. The van der Waals surface area contributed by atoms with Crippen molar-refractivity contribution >= 4 is 72.1 Å². The molecule has 0 N–H and O–H groups in total. The van der Waals surface area contributed by atoms with E-state index in [0.717, 1.165) is 0 Å². The van der Waals surface area contributed by atoms with Gasteiger partial charge in [-0.2, -0.15) is 0 Å². The van der Waals surface area contributed by atoms with Crippen LogP contribution < -0.4 is 0 Å². The largest absolute Gasteiger partial charge is 0.179 e. The highest BCUT2D eigenvalue weighted by Gasteiger charge is 1.80. The second-order valence-corrected chi connectivity index (χ2v) is 8.18. The lowest BCUT2D eigenvalue weighted by Gasteiger charge is -1.72. The standard InChI is InChI=1S/CH3Cl2P.Cl3P/c2-1(3)4;1-4(2)3/h1H,4H2;. The summed E-state index contributed by atoms with van der Waals surface area (Å²) in [5, 5.41) is 0. The van der Waals surface area contributed by atoms with E-state index in [1.807, 2.05) is 0 Å². The first-order valence-corrected chi connectivity index (χ1v) is 6.87. The first-order valence-electron chi connectivity index (χ1n) is 1.28. The molecule has 0 heterocycles. The quantitative estimate of drug-likeness (QED) is 0.439. The molecule has 0 bridgehead atoms. The summed E-state index contributed by atoms with van der Waals surface area (Å²) in [5.74, 6) is -1.20. The molecule has 0 amide bonds. The Morgan fingerprint density at radius 2 is 1.12 bits per heavy atom. The fraction of sp³-hybridized carbons (Fsp3) is 1.00. The summed E-state index contributed by atoms with van der Waals surface area (Å²) >= 11 is 24.6. The summed E-state index contributed by atoms with van der Waals surface area (Å²) in [6.45, 7) is 0. The maximum absolute atomic E-state index is 5.00. The maximum Gasteiger partial charge on any atom is 0.179 e. The third kappa shape index (κ3) is 83.2. The predicted octanol–water partition coefficient (Wildman–Crippen LogP) is 4.55. The van der Waals surface area contributed by atoms with Crippen molar-refractivity contribution in [2.75, 3.05) is 0 Å². The predicted molar refractivity (Wildman–Crippen MR) is 49.7 cm³/mol. The van der Waals surface area contributed by atoms with Gasteiger partial charge in [-0.3, -0.25) is 0 Å². The highest BCUT2D eigenvalue weighted by Crippen LogP contribution is 2.51. The fourth-order valence-electron chi connectivity index (χ4n) is 0. The molecular weight excluding hydrogens is 251 g/mol. The molecule has 0 saturated heterocycles. The minimum absolute atomic E-state index is 0.306. The molecule has 0 aliphatic carbocycles. The van der Waals surface area contributed by atoms with Crippen molar-refractivity contribution in [1.82, 2.24) is 0 Å². The lowest BCUT2D eigenvalue weighted by molar-refractivity contribution is 2.01. The molecule has 0 radical (unpaired) electrons. The minimum atomic E-state index is -1.20. The molecule has 0 aromatic heterocycles. The van der Waals surface area contributed by atoms with E-state index in [-0.39, 0.29) is 4.58 Å². The van der Waals surface area contributed by atoms with Gasteiger partial charge in [0, 0.05) is 0 Å². The van der Waals surface area contributed by atoms with E-state index >= 15 is 0 Å². The number of hydrogen-bond donors (Lipinski definition) is 0. The molecule has 0 aromatic rings. The van der Waals surface area contributed by atoms with Gasteiger partial charge in [0.05, 0.1) is 0 Å². The second-order valence-electron chi connectivity index (χ2n) is 0.526. The van der Waals surface area contributed by atoms with Crippen molar-refractivity contribution in [1.29, 1.82) is 0 Å². The van der Waals surface area contributed by atoms with Crippen LogP contribution in [0.2, 0.25) is 0 Å². The minimum Gasteiger partial charge on any atom is -0.102 e. The summed E-state index contributed by atoms with van der Waals surface area (Å²) in [7, 11) is 2.19. The zero-order chi connectivity index (χ0) is 7.15. The van der Waals surface area contributed by atoms with Crippen molar-refractivity contribution in [3.63, 3.8) is 0 Å². The van der Waals surface area contributed by atoms with Crippen LogP contribution >= 0.6 is 72.1 Å². The van der Waals surface area contributed by atoms with Crippen LogP contribution in [0, 0.1) is 0 Å². The van der Waals surface area contributed by atoms with Crippen LogP contribution in [0.1, 0.15) is 0 Å². The Morgan fingerprint density at radius 1 is 1.12 bits per heavy atom. The van der Waals surface area contributed by atoms with Crippen LogP contribution in [0.5, 0.6) is 0 Å². The third-order valence-electron chi connectivity index (χ3n) is 0. The van der Waals surface area contributed by atoms with Gasteiger partial charge in [-0.15, -0.1) is 32.4 Å². The van der Waals surface area contributed by atoms with E-state index in [0.29, 0.717) is 0 Å². The monoisotopic (exact) mass is 252 g/mol. The number of rotatable bonds is 0. The van der Waals surface area contributed by atoms with E-state index in [2.05, 4.69) is 9.24 Å². The van der Waals surface area contributed by atoms with Gasteiger partial charge in [-0.25, -0.2) is 0 Å². The molecule has 1 unspecified atom stereocenters. The smallest absolute Gasteiger partial charge is 0.102 e. The Kier molecular flexibility index (Phi) is 15.1. The van der Waals surface area contributed by atoms with Crippen LogP contribution in [0.15, 0.2) is 0 Å². The maximum atomic E-state index is 5.00. The van der Waals surface area contributed by atoms with Gasteiger partial charge in [0.1, 0.15) is 4.58 Å². The summed E-state index contributed by atoms with van der Waals surface area (Å²) in [6, 6.07) is 0. The molecule has 0 rings (SSSR count). The number of halogens is 5. The van der Waals surface area contributed by atoms with Crippen LogP contribution in [0.4, 0.5) is 0 Å². The molecule has 1 atom stereocenters. The van der Waals surface area contributed by atoms with Gasteiger partial charge in [-0.05, 0) is 0 Å². The average Bonchev–Trinajstić information content (AvgIpc) is 1.25. The molecule has 0 fully saturated rings. The Morgan fingerprint density at radius 3 is 1.12 bits per heavy atom. The lowest BCUT2D eigenvalue weighted by Crippen LogP contribution is -1.53. The van der Waals surface area contributed by atoms with Gasteiger partial charge in [0.25, 0.3) is 0 Å². The number of hydrogen-bond acceptors (Lipinski definition) is 0. The van der Waals surface area contributed by atoms with Gasteiger partial charge in [0.15, 0.2) is 5.98 Å². The van der Waals surface area contributed by atoms with Crippen LogP contribution in [0.3, 0.4) is 0 Å². The van der Waals surface area contributed by atoms with Crippen molar-refractivity contribution < 1.29 is 0 Å². The Bertz CT molecular complexity index is 25.9. The van der Waals surface area contributed by atoms with E-state index in [9.17, 15) is 0 Å². The van der Waals surface area contributed by atoms with Crippen LogP contribution in [-0.2, 0) is 0 Å². The molecule has 0 aromatic carbocycles. The Hall–Kier alpha value is 2.31. The average molecular weight is 254 g/mol. The van der Waals surface area contributed by atoms with Crippen LogP contribution in [0.25, 0.3) is 0 Å². The topological polar surface area (TPSA) is 0 Å². The van der Waals surface area contributed by atoms with Gasteiger partial charge in [-0.1, -0.05) is 33.7 Å². The van der Waals surface area contributed by atoms with E-state index in [1.165, 1.54) is 0 Å². The highest BCUT2D eigenvalue weighted by molar-refractivity contribution is 8.20. The van der Waals surface area contributed by atoms with Crippen molar-refractivity contribution in [3.8, 4) is 0 Å². The molecular formula is CH3Cl5P2. The van der Waals surface area contributed by atoms with Crippen molar-refractivity contribution in [3.05, 3.63) is 0 Å². The van der Waals surface area contributed by atoms with E-state index < -0.39 is 5.98 Å². The zero-order valence-corrected chi connectivity index (χ0v) is 9.32. The molecule has 8 heavy (non-hydrogen) atoms. The van der Waals surface area contributed by atoms with Gasteiger partial charge in [0.2, 0.25) is 0 Å². The summed E-state index contributed by atoms with van der Waals surface area (Å²) < 4.78 is -0.306. The Labute approximate surface area is 76.5 Å². The first-order chi connectivity index (χ1) is 3.46. The van der Waals surface area contributed by atoms with Crippen molar-refractivity contribution in [2.24, 2.45) is 0 Å². The first kappa shape index (κ1) is 12.9. The molecule has 7 heteroatoms. The molecule has 0 saturated carbocycles. The molecule has 52 valence electrons. The van der Waals surface area contributed by atoms with E-state index in [1.54, 1.807) is 0 Å². The molecule has 0 nitrogen and oxygen atoms in total. The fourth-order valence-corrected chi connectivity index (χ4v) is 0. The van der Waals surface area contributed by atoms with Crippen molar-refractivity contribution in [2.45, 2.75) is 4.58 Å². The summed E-state index contributed by atoms with van der Waals surface area (Å²) in [6.07, 6.45) is 0.